The topological polar surface area (TPSA) is 92.4 Å². The Kier molecular flexibility index (Phi) is 5.68. The predicted octanol–water partition coefficient (Wildman–Crippen LogP) is 3.80. The molecule has 5 nitrogen and oxygen atoms in total. The number of benzene rings is 2. The van der Waals surface area contributed by atoms with Gasteiger partial charge in [0.1, 0.15) is 10.8 Å². The van der Waals surface area contributed by atoms with Gasteiger partial charge in [-0.15, -0.1) is 11.3 Å². The summed E-state index contributed by atoms with van der Waals surface area (Å²) in [6, 6.07) is 18.2. The first-order chi connectivity index (χ1) is 13.0. The molecule has 2 aromatic carbocycles. The van der Waals surface area contributed by atoms with E-state index in [-0.39, 0.29) is 11.3 Å². The largest absolute Gasteiger partial charge is 0.507 e. The lowest BCUT2D eigenvalue weighted by Gasteiger charge is -2.01. The highest BCUT2D eigenvalue weighted by Gasteiger charge is 2.15. The third-order valence-electron chi connectivity index (χ3n) is 3.86. The van der Waals surface area contributed by atoms with Crippen molar-refractivity contribution in [3.8, 4) is 5.75 Å². The molecule has 0 saturated carbocycles. The Balaban J connectivity index is 1.76. The van der Waals surface area contributed by atoms with Gasteiger partial charge in [0.25, 0.3) is 5.91 Å². The van der Waals surface area contributed by atoms with Crippen molar-refractivity contribution in [3.05, 3.63) is 88.3 Å². The number of rotatable bonds is 6. The summed E-state index contributed by atoms with van der Waals surface area (Å²) in [6.07, 6.45) is 3.46. The van der Waals surface area contributed by atoms with E-state index in [1.54, 1.807) is 24.3 Å². The second-order valence-corrected chi connectivity index (χ2v) is 7.00. The summed E-state index contributed by atoms with van der Waals surface area (Å²) in [4.78, 5) is 24.9. The number of nitrogens with one attached hydrogen (secondary N) is 1. The second-order valence-electron chi connectivity index (χ2n) is 5.86. The number of thiophene rings is 1. The van der Waals surface area contributed by atoms with Crippen LogP contribution in [0.5, 0.6) is 5.75 Å². The van der Waals surface area contributed by atoms with Gasteiger partial charge in [-0.1, -0.05) is 48.5 Å². The van der Waals surface area contributed by atoms with Gasteiger partial charge in [0.15, 0.2) is 0 Å². The number of amides is 2. The summed E-state index contributed by atoms with van der Waals surface area (Å²) < 4.78 is 0. The highest BCUT2D eigenvalue weighted by molar-refractivity contribution is 7.16. The van der Waals surface area contributed by atoms with Crippen molar-refractivity contribution >= 4 is 34.2 Å². The van der Waals surface area contributed by atoms with Gasteiger partial charge in [-0.3, -0.25) is 9.59 Å². The number of phenolic OH excluding ortho intramolecular Hbond substituents is 1. The average Bonchev–Trinajstić information content (AvgIpc) is 3.04. The molecule has 3 aromatic rings. The Morgan fingerprint density at radius 1 is 1.07 bits per heavy atom. The SMILES string of the molecule is NC(=O)c1cc(Cc2ccccc2)sc1NC(=O)/C=C/c1ccccc1O. The number of primary amides is 1. The first-order valence-corrected chi connectivity index (χ1v) is 9.08. The first kappa shape index (κ1) is 18.4. The van der Waals surface area contributed by atoms with E-state index in [1.165, 1.54) is 29.6 Å². The molecule has 136 valence electrons. The molecule has 1 aromatic heterocycles. The number of nitrogens with two attached hydrogens (primary N) is 1. The average molecular weight is 378 g/mol. The fraction of sp³-hybridized carbons (Fsp3) is 0.0476. The summed E-state index contributed by atoms with van der Waals surface area (Å²) in [6.45, 7) is 0. The van der Waals surface area contributed by atoms with Crippen LogP contribution in [0.15, 0.2) is 66.7 Å². The van der Waals surface area contributed by atoms with Crippen LogP contribution in [0.4, 0.5) is 5.00 Å². The van der Waals surface area contributed by atoms with E-state index >= 15 is 0 Å². The van der Waals surface area contributed by atoms with Crippen LogP contribution in [-0.2, 0) is 11.2 Å². The number of carbonyl (C=O) groups excluding carboxylic acids is 2. The van der Waals surface area contributed by atoms with E-state index in [2.05, 4.69) is 5.32 Å². The summed E-state index contributed by atoms with van der Waals surface area (Å²) in [5, 5.41) is 12.8. The van der Waals surface area contributed by atoms with Crippen LogP contribution in [-0.4, -0.2) is 16.9 Å². The van der Waals surface area contributed by atoms with E-state index in [0.717, 1.165) is 10.4 Å². The van der Waals surface area contributed by atoms with Crippen LogP contribution in [0.25, 0.3) is 6.08 Å². The molecule has 0 aliphatic rings. The van der Waals surface area contributed by atoms with E-state index in [9.17, 15) is 14.7 Å². The number of hydrogen-bond donors (Lipinski definition) is 3. The van der Waals surface area contributed by atoms with Gasteiger partial charge in [0, 0.05) is 22.9 Å². The molecule has 0 radical (unpaired) electrons. The van der Waals surface area contributed by atoms with Gasteiger partial charge in [0.05, 0.1) is 5.56 Å². The van der Waals surface area contributed by atoms with Gasteiger partial charge in [0.2, 0.25) is 5.91 Å². The Morgan fingerprint density at radius 3 is 2.48 bits per heavy atom. The predicted molar refractivity (Wildman–Crippen MR) is 108 cm³/mol. The zero-order chi connectivity index (χ0) is 19.2. The molecule has 0 unspecified atom stereocenters. The molecule has 0 saturated heterocycles. The lowest BCUT2D eigenvalue weighted by atomic mass is 10.1. The van der Waals surface area contributed by atoms with Crippen LogP contribution in [0.1, 0.15) is 26.4 Å². The quantitative estimate of drug-likeness (QED) is 0.570. The lowest BCUT2D eigenvalue weighted by Crippen LogP contribution is -2.14. The number of phenols is 1. The number of carbonyl (C=O) groups is 2. The number of anilines is 1. The molecule has 0 aliphatic heterocycles. The van der Waals surface area contributed by atoms with E-state index in [0.29, 0.717) is 17.0 Å². The molecule has 3 rings (SSSR count). The van der Waals surface area contributed by atoms with Crippen molar-refractivity contribution in [1.82, 2.24) is 0 Å². The molecule has 0 bridgehead atoms. The van der Waals surface area contributed by atoms with Gasteiger partial charge >= 0.3 is 0 Å². The number of hydrogen-bond acceptors (Lipinski definition) is 4. The summed E-state index contributed by atoms with van der Waals surface area (Å²) in [7, 11) is 0. The maximum Gasteiger partial charge on any atom is 0.251 e. The molecule has 6 heteroatoms. The number of aromatic hydroxyl groups is 1. The standard InChI is InChI=1S/C21H18N2O3S/c22-20(26)17-13-16(12-14-6-2-1-3-7-14)27-21(17)23-19(25)11-10-15-8-4-5-9-18(15)24/h1-11,13,24H,12H2,(H2,22,26)(H,23,25)/b11-10+. The lowest BCUT2D eigenvalue weighted by molar-refractivity contribution is -0.111. The summed E-state index contributed by atoms with van der Waals surface area (Å²) >= 11 is 1.32. The Hall–Kier alpha value is -3.38. The highest BCUT2D eigenvalue weighted by Crippen LogP contribution is 2.30. The van der Waals surface area contributed by atoms with Gasteiger partial charge in [-0.05, 0) is 23.8 Å². The van der Waals surface area contributed by atoms with Crippen molar-refractivity contribution in [2.24, 2.45) is 5.73 Å². The summed E-state index contributed by atoms with van der Waals surface area (Å²) in [5.74, 6) is -0.917. The van der Waals surface area contributed by atoms with Gasteiger partial charge in [-0.2, -0.15) is 0 Å². The van der Waals surface area contributed by atoms with E-state index in [4.69, 9.17) is 5.73 Å². The minimum absolute atomic E-state index is 0.0839. The molecule has 1 heterocycles. The van der Waals surface area contributed by atoms with E-state index < -0.39 is 11.8 Å². The molecular weight excluding hydrogens is 360 g/mol. The molecule has 4 N–H and O–H groups in total. The molecule has 27 heavy (non-hydrogen) atoms. The van der Waals surface area contributed by atoms with Crippen molar-refractivity contribution < 1.29 is 14.7 Å². The van der Waals surface area contributed by atoms with Gasteiger partial charge < -0.3 is 16.2 Å². The normalized spacial score (nSPS) is 10.8. The van der Waals surface area contributed by atoms with Crippen LogP contribution in [0, 0.1) is 0 Å². The van der Waals surface area contributed by atoms with Crippen LogP contribution in [0.2, 0.25) is 0 Å². The fourth-order valence-electron chi connectivity index (χ4n) is 2.55. The smallest absolute Gasteiger partial charge is 0.251 e. The van der Waals surface area contributed by atoms with Crippen LogP contribution < -0.4 is 11.1 Å². The number of para-hydroxylation sites is 1. The third-order valence-corrected chi connectivity index (χ3v) is 4.91. The van der Waals surface area contributed by atoms with E-state index in [1.807, 2.05) is 30.3 Å². The second kappa shape index (κ2) is 8.33. The Bertz CT molecular complexity index is 994. The highest BCUT2D eigenvalue weighted by atomic mass is 32.1. The zero-order valence-electron chi connectivity index (χ0n) is 14.4. The van der Waals surface area contributed by atoms with Crippen LogP contribution >= 0.6 is 11.3 Å². The first-order valence-electron chi connectivity index (χ1n) is 8.26. The maximum atomic E-state index is 12.2. The Labute approximate surface area is 160 Å². The minimum atomic E-state index is -0.592. The van der Waals surface area contributed by atoms with Crippen LogP contribution in [0.3, 0.4) is 0 Å². The molecule has 0 aliphatic carbocycles. The molecular formula is C21H18N2O3S. The third kappa shape index (κ3) is 4.83. The summed E-state index contributed by atoms with van der Waals surface area (Å²) in [5.41, 5.74) is 7.36. The molecule has 0 spiro atoms. The van der Waals surface area contributed by atoms with Crippen molar-refractivity contribution in [1.29, 1.82) is 0 Å². The molecule has 0 atom stereocenters. The monoisotopic (exact) mass is 378 g/mol. The Morgan fingerprint density at radius 2 is 1.78 bits per heavy atom. The van der Waals surface area contributed by atoms with Crippen molar-refractivity contribution in [2.45, 2.75) is 6.42 Å². The van der Waals surface area contributed by atoms with Crippen molar-refractivity contribution in [2.75, 3.05) is 5.32 Å². The van der Waals surface area contributed by atoms with Crippen molar-refractivity contribution in [3.63, 3.8) is 0 Å². The minimum Gasteiger partial charge on any atom is -0.507 e. The molecule has 0 fully saturated rings. The van der Waals surface area contributed by atoms with Gasteiger partial charge in [-0.25, -0.2) is 0 Å². The zero-order valence-corrected chi connectivity index (χ0v) is 15.2. The fourth-order valence-corrected chi connectivity index (χ4v) is 3.65. The molecule has 2 amide bonds. The maximum absolute atomic E-state index is 12.2.